The van der Waals surface area contributed by atoms with Crippen LogP contribution in [0.4, 0.5) is 13.2 Å². The van der Waals surface area contributed by atoms with E-state index < -0.39 is 22.2 Å². The number of aromatic nitrogens is 4. The predicted octanol–water partition coefficient (Wildman–Crippen LogP) is 12.6. The molecular formula is C37H29Cl4F3N4O3S3. The summed E-state index contributed by atoms with van der Waals surface area (Å²) in [6, 6.07) is 13.3. The highest BCUT2D eigenvalue weighted by atomic mass is 35.5. The van der Waals surface area contributed by atoms with E-state index in [1.807, 2.05) is 18.4 Å². The fraction of sp³-hybridized carbons (Fsp3) is 0.297. The Balaban J connectivity index is 1.02. The molecular weight excluding hydrogens is 843 g/mol. The van der Waals surface area contributed by atoms with Crippen molar-refractivity contribution in [2.24, 2.45) is 0 Å². The van der Waals surface area contributed by atoms with Crippen molar-refractivity contribution in [2.75, 3.05) is 0 Å². The van der Waals surface area contributed by atoms with Crippen LogP contribution in [-0.4, -0.2) is 38.7 Å². The number of hydrogen-bond donors (Lipinski definition) is 1. The SMILES string of the molecule is CC(CCCCCC(c1nn(-c2ccc(Cl)cc2Cl)c2c1Cc1ccsc1-2)C(F)(F)F)c1nn(-c2ccc(Cl)cc2Cl)c2c1Cc1cc(S(=O)(=O)O)sc1-2. The average molecular weight is 873 g/mol. The highest BCUT2D eigenvalue weighted by Gasteiger charge is 2.45. The van der Waals surface area contributed by atoms with Crippen molar-refractivity contribution in [3.8, 4) is 32.5 Å². The van der Waals surface area contributed by atoms with E-state index in [0.717, 1.165) is 38.6 Å². The Morgan fingerprint density at radius 2 is 1.37 bits per heavy atom. The molecule has 282 valence electrons. The summed E-state index contributed by atoms with van der Waals surface area (Å²) in [4.78, 5) is 1.57. The molecule has 0 amide bonds. The molecule has 2 aromatic carbocycles. The molecule has 2 atom stereocenters. The maximum atomic E-state index is 14.9. The molecule has 0 radical (unpaired) electrons. The van der Waals surface area contributed by atoms with Gasteiger partial charge in [-0.15, -0.1) is 22.7 Å². The van der Waals surface area contributed by atoms with Crippen LogP contribution in [0.3, 0.4) is 0 Å². The fourth-order valence-corrected chi connectivity index (χ4v) is 11.5. The molecule has 1 N–H and O–H groups in total. The van der Waals surface area contributed by atoms with Gasteiger partial charge in [-0.1, -0.05) is 72.6 Å². The average Bonchev–Trinajstić information content (AvgIpc) is 3.91. The van der Waals surface area contributed by atoms with Gasteiger partial charge in [-0.05, 0) is 77.9 Å². The van der Waals surface area contributed by atoms with Crippen LogP contribution < -0.4 is 0 Å². The van der Waals surface area contributed by atoms with Crippen molar-refractivity contribution < 1.29 is 26.1 Å². The molecule has 0 fully saturated rings. The van der Waals surface area contributed by atoms with Gasteiger partial charge in [0.05, 0.1) is 59.9 Å². The smallest absolute Gasteiger partial charge is 0.281 e. The molecule has 2 unspecified atom stereocenters. The molecule has 8 rings (SSSR count). The summed E-state index contributed by atoms with van der Waals surface area (Å²) < 4.78 is 81.3. The standard InChI is InChI=1S/C37H29Cl4F3N4O3S3/c1-18(31-23-14-20-15-30(54(49,50)51)53-36(20)34(23)48(45-31)29-10-8-22(39)17-27(29)41)5-3-2-4-6-25(37(42,43)44)32-24-13-19-11-12-52-35(19)33(24)47(46-32)28-9-7-21(38)16-26(28)40/h7-12,15-18,25H,2-6,13-14H2,1H3,(H,49,50,51). The van der Waals surface area contributed by atoms with Crippen molar-refractivity contribution in [3.05, 3.63) is 108 Å². The van der Waals surface area contributed by atoms with Crippen molar-refractivity contribution >= 4 is 79.2 Å². The molecule has 17 heteroatoms. The van der Waals surface area contributed by atoms with Crippen LogP contribution in [0.25, 0.3) is 32.5 Å². The Hall–Kier alpha value is -2.88. The maximum Gasteiger partial charge on any atom is 0.397 e. The molecule has 0 bridgehead atoms. The summed E-state index contributed by atoms with van der Waals surface area (Å²) in [5.74, 6) is -1.82. The van der Waals surface area contributed by atoms with E-state index in [1.54, 1.807) is 45.8 Å². The Morgan fingerprint density at radius 3 is 1.98 bits per heavy atom. The number of thiophene rings is 2. The first kappa shape index (κ1) is 38.0. The van der Waals surface area contributed by atoms with Crippen molar-refractivity contribution in [1.29, 1.82) is 0 Å². The number of benzene rings is 2. The first-order valence-corrected chi connectivity index (χ1v) is 21.6. The van der Waals surface area contributed by atoms with E-state index in [1.165, 1.54) is 17.4 Å². The second-order valence-electron chi connectivity index (χ2n) is 13.6. The van der Waals surface area contributed by atoms with Gasteiger partial charge in [0.1, 0.15) is 4.21 Å². The summed E-state index contributed by atoms with van der Waals surface area (Å²) in [7, 11) is -4.40. The number of rotatable bonds is 11. The Kier molecular flexibility index (Phi) is 10.0. The van der Waals surface area contributed by atoms with Crippen LogP contribution in [0, 0.1) is 0 Å². The molecule has 54 heavy (non-hydrogen) atoms. The Labute approximate surface area is 337 Å². The summed E-state index contributed by atoms with van der Waals surface area (Å²) in [5.41, 5.74) is 6.46. The fourth-order valence-electron chi connectivity index (χ4n) is 7.57. The normalized spacial score (nSPS) is 14.6. The first-order chi connectivity index (χ1) is 25.6. The molecule has 4 heterocycles. The molecule has 0 saturated heterocycles. The van der Waals surface area contributed by atoms with Crippen LogP contribution in [0.1, 0.15) is 84.5 Å². The van der Waals surface area contributed by atoms with Gasteiger partial charge in [-0.2, -0.15) is 31.8 Å². The van der Waals surface area contributed by atoms with Gasteiger partial charge in [0.2, 0.25) is 0 Å². The second-order valence-corrected chi connectivity index (χ2v) is 18.9. The zero-order valence-corrected chi connectivity index (χ0v) is 33.7. The molecule has 2 aliphatic carbocycles. The van der Waals surface area contributed by atoms with Crippen LogP contribution in [-0.2, 0) is 23.0 Å². The van der Waals surface area contributed by atoms with Crippen LogP contribution >= 0.6 is 69.1 Å². The minimum atomic E-state index is -4.51. The number of nitrogens with zero attached hydrogens (tertiary/aromatic N) is 4. The topological polar surface area (TPSA) is 90.0 Å². The van der Waals surface area contributed by atoms with Crippen LogP contribution in [0.15, 0.2) is 58.1 Å². The van der Waals surface area contributed by atoms with E-state index in [2.05, 4.69) is 5.10 Å². The van der Waals surface area contributed by atoms with Crippen molar-refractivity contribution in [2.45, 2.75) is 74.1 Å². The third-order valence-electron chi connectivity index (χ3n) is 10.1. The van der Waals surface area contributed by atoms with Gasteiger partial charge >= 0.3 is 16.3 Å². The minimum absolute atomic E-state index is 0.0341. The van der Waals surface area contributed by atoms with Gasteiger partial charge in [0.15, 0.2) is 0 Å². The van der Waals surface area contributed by atoms with Gasteiger partial charge in [-0.25, -0.2) is 9.36 Å². The molecule has 2 aliphatic rings. The first-order valence-electron chi connectivity index (χ1n) is 17.0. The van der Waals surface area contributed by atoms with Crippen LogP contribution in [0.5, 0.6) is 0 Å². The monoisotopic (exact) mass is 870 g/mol. The van der Waals surface area contributed by atoms with E-state index >= 15 is 0 Å². The van der Waals surface area contributed by atoms with Gasteiger partial charge in [0, 0.05) is 39.9 Å². The van der Waals surface area contributed by atoms with Gasteiger partial charge in [-0.3, -0.25) is 4.55 Å². The quantitative estimate of drug-likeness (QED) is 0.103. The summed E-state index contributed by atoms with van der Waals surface area (Å²) in [6.07, 6.45) is -1.60. The number of alkyl halides is 3. The molecule has 4 aromatic heterocycles. The lowest BCUT2D eigenvalue weighted by Crippen LogP contribution is -2.22. The molecule has 0 spiro atoms. The molecule has 6 aromatic rings. The van der Waals surface area contributed by atoms with Gasteiger partial charge < -0.3 is 0 Å². The van der Waals surface area contributed by atoms with E-state index in [4.69, 9.17) is 51.5 Å². The number of fused-ring (bicyclic) bond motifs is 6. The third kappa shape index (κ3) is 6.82. The highest BCUT2D eigenvalue weighted by molar-refractivity contribution is 7.88. The number of halogens is 7. The van der Waals surface area contributed by atoms with E-state index in [0.29, 0.717) is 91.8 Å². The molecule has 0 saturated carbocycles. The zero-order chi connectivity index (χ0) is 38.3. The van der Waals surface area contributed by atoms with Crippen LogP contribution in [0.2, 0.25) is 20.1 Å². The van der Waals surface area contributed by atoms with Crippen molar-refractivity contribution in [3.63, 3.8) is 0 Å². The minimum Gasteiger partial charge on any atom is -0.281 e. The second kappa shape index (κ2) is 14.3. The number of unbranched alkanes of at least 4 members (excludes halogenated alkanes) is 2. The lowest BCUT2D eigenvalue weighted by Gasteiger charge is -2.20. The number of hydrogen-bond acceptors (Lipinski definition) is 6. The highest BCUT2D eigenvalue weighted by Crippen LogP contribution is 2.50. The van der Waals surface area contributed by atoms with E-state index in [9.17, 15) is 26.1 Å². The Bertz CT molecular complexity index is 2560. The van der Waals surface area contributed by atoms with E-state index in [-0.39, 0.29) is 22.2 Å². The lowest BCUT2D eigenvalue weighted by molar-refractivity contribution is -0.153. The van der Waals surface area contributed by atoms with Gasteiger partial charge in [0.25, 0.3) is 0 Å². The maximum absolute atomic E-state index is 14.9. The zero-order valence-electron chi connectivity index (χ0n) is 28.2. The Morgan fingerprint density at radius 1 is 0.796 bits per heavy atom. The largest absolute Gasteiger partial charge is 0.397 e. The lowest BCUT2D eigenvalue weighted by atomic mass is 9.91. The summed E-state index contributed by atoms with van der Waals surface area (Å²) in [5, 5.41) is 13.0. The third-order valence-corrected chi connectivity index (χ3v) is 14.6. The summed E-state index contributed by atoms with van der Waals surface area (Å²) >= 11 is 27.9. The van der Waals surface area contributed by atoms with Crippen molar-refractivity contribution in [1.82, 2.24) is 19.6 Å². The molecule has 0 aliphatic heterocycles. The molecule has 7 nitrogen and oxygen atoms in total. The summed E-state index contributed by atoms with van der Waals surface area (Å²) in [6.45, 7) is 2.03. The predicted molar refractivity (Wildman–Crippen MR) is 210 cm³/mol.